The van der Waals surface area contributed by atoms with Gasteiger partial charge in [-0.2, -0.15) is 0 Å². The lowest BCUT2D eigenvalue weighted by atomic mass is 10.2. The van der Waals surface area contributed by atoms with Crippen LogP contribution in [0.4, 0.5) is 5.95 Å². The topological polar surface area (TPSA) is 32.3 Å². The van der Waals surface area contributed by atoms with Crippen molar-refractivity contribution >= 4 is 17.5 Å². The fourth-order valence-electron chi connectivity index (χ4n) is 3.22. The molecule has 4 nitrogen and oxygen atoms in total. The van der Waals surface area contributed by atoms with Gasteiger partial charge in [-0.15, -0.1) is 11.6 Å². The zero-order valence-electron chi connectivity index (χ0n) is 11.5. The number of aryl methyl sites for hydroxylation is 1. The summed E-state index contributed by atoms with van der Waals surface area (Å²) in [6, 6.07) is 2.65. The van der Waals surface area contributed by atoms with Crippen LogP contribution in [0, 0.1) is 6.92 Å². The zero-order valence-corrected chi connectivity index (χ0v) is 12.2. The largest absolute Gasteiger partial charge is 0.339 e. The van der Waals surface area contributed by atoms with E-state index in [1.54, 1.807) is 0 Å². The number of fused-ring (bicyclic) bond motifs is 1. The lowest BCUT2D eigenvalue weighted by Gasteiger charge is -2.26. The Bertz CT molecular complexity index is 451. The minimum atomic E-state index is 0.458. The monoisotopic (exact) mass is 280 g/mol. The van der Waals surface area contributed by atoms with Crippen LogP contribution in [0.2, 0.25) is 0 Å². The van der Waals surface area contributed by atoms with Crippen LogP contribution in [0.3, 0.4) is 0 Å². The van der Waals surface area contributed by atoms with Crippen LogP contribution in [0.5, 0.6) is 0 Å². The SMILES string of the molecule is Cc1cc(CCl)nc(N2CCCN3CCCC3C2)n1. The van der Waals surface area contributed by atoms with Crippen LogP contribution in [0.15, 0.2) is 6.07 Å². The van der Waals surface area contributed by atoms with Gasteiger partial charge in [-0.1, -0.05) is 0 Å². The molecular formula is C14H21ClN4. The van der Waals surface area contributed by atoms with Gasteiger partial charge in [-0.05, 0) is 38.8 Å². The van der Waals surface area contributed by atoms with E-state index in [2.05, 4.69) is 19.8 Å². The number of hydrogen-bond acceptors (Lipinski definition) is 4. The molecule has 0 N–H and O–H groups in total. The predicted octanol–water partition coefficient (Wildman–Crippen LogP) is 2.20. The summed E-state index contributed by atoms with van der Waals surface area (Å²) >= 11 is 5.91. The second kappa shape index (κ2) is 5.63. The Morgan fingerprint density at radius 1 is 1.26 bits per heavy atom. The number of alkyl halides is 1. The van der Waals surface area contributed by atoms with E-state index < -0.39 is 0 Å². The van der Waals surface area contributed by atoms with Gasteiger partial charge in [0.1, 0.15) is 0 Å². The normalized spacial score (nSPS) is 24.3. The van der Waals surface area contributed by atoms with Crippen LogP contribution < -0.4 is 4.90 Å². The Kier molecular flexibility index (Phi) is 3.89. The van der Waals surface area contributed by atoms with Crippen LogP contribution >= 0.6 is 11.6 Å². The fourth-order valence-corrected chi connectivity index (χ4v) is 3.35. The number of halogens is 1. The Hall–Kier alpha value is -0.870. The van der Waals surface area contributed by atoms with Crippen molar-refractivity contribution in [2.75, 3.05) is 31.1 Å². The highest BCUT2D eigenvalue weighted by atomic mass is 35.5. The maximum absolute atomic E-state index is 5.91. The summed E-state index contributed by atoms with van der Waals surface area (Å²) in [5.41, 5.74) is 1.94. The first-order valence-corrected chi connectivity index (χ1v) is 7.69. The molecule has 2 aliphatic rings. The van der Waals surface area contributed by atoms with Crippen LogP contribution in [-0.4, -0.2) is 47.1 Å². The van der Waals surface area contributed by atoms with E-state index >= 15 is 0 Å². The van der Waals surface area contributed by atoms with Gasteiger partial charge in [0.05, 0.1) is 11.6 Å². The molecule has 0 aliphatic carbocycles. The lowest BCUT2D eigenvalue weighted by Crippen LogP contribution is -2.37. The molecule has 0 spiro atoms. The number of nitrogens with zero attached hydrogens (tertiary/aromatic N) is 4. The minimum absolute atomic E-state index is 0.458. The van der Waals surface area contributed by atoms with Crippen molar-refractivity contribution in [3.8, 4) is 0 Å². The molecule has 0 aromatic carbocycles. The Morgan fingerprint density at radius 3 is 2.95 bits per heavy atom. The fraction of sp³-hybridized carbons (Fsp3) is 0.714. The molecule has 104 valence electrons. The van der Waals surface area contributed by atoms with Gasteiger partial charge in [0.15, 0.2) is 0 Å². The molecule has 0 radical (unpaired) electrons. The standard InChI is InChI=1S/C14H21ClN4/c1-11-8-12(9-15)17-14(16-11)19-7-3-6-18-5-2-4-13(18)10-19/h8,13H,2-7,9-10H2,1H3. The molecule has 3 heterocycles. The maximum atomic E-state index is 5.91. The molecule has 1 aromatic rings. The maximum Gasteiger partial charge on any atom is 0.225 e. The van der Waals surface area contributed by atoms with Crippen LogP contribution in [-0.2, 0) is 5.88 Å². The van der Waals surface area contributed by atoms with Crippen molar-refractivity contribution in [1.29, 1.82) is 0 Å². The minimum Gasteiger partial charge on any atom is -0.339 e. The van der Waals surface area contributed by atoms with Gasteiger partial charge >= 0.3 is 0 Å². The lowest BCUT2D eigenvalue weighted by molar-refractivity contribution is 0.273. The van der Waals surface area contributed by atoms with E-state index in [0.717, 1.165) is 30.4 Å². The van der Waals surface area contributed by atoms with E-state index in [4.69, 9.17) is 11.6 Å². The van der Waals surface area contributed by atoms with E-state index in [1.165, 1.54) is 32.4 Å². The van der Waals surface area contributed by atoms with Crippen molar-refractivity contribution in [2.45, 2.75) is 38.1 Å². The summed E-state index contributed by atoms with van der Waals surface area (Å²) in [4.78, 5) is 14.2. The van der Waals surface area contributed by atoms with Gasteiger partial charge in [-0.3, -0.25) is 4.90 Å². The van der Waals surface area contributed by atoms with Gasteiger partial charge < -0.3 is 4.90 Å². The van der Waals surface area contributed by atoms with Crippen LogP contribution in [0.25, 0.3) is 0 Å². The van der Waals surface area contributed by atoms with E-state index in [0.29, 0.717) is 11.9 Å². The first-order valence-electron chi connectivity index (χ1n) is 7.16. The quantitative estimate of drug-likeness (QED) is 0.778. The zero-order chi connectivity index (χ0) is 13.2. The Labute approximate surface area is 119 Å². The third-order valence-corrected chi connectivity index (χ3v) is 4.39. The molecule has 1 unspecified atom stereocenters. The highest BCUT2D eigenvalue weighted by Gasteiger charge is 2.29. The van der Waals surface area contributed by atoms with E-state index in [9.17, 15) is 0 Å². The molecule has 5 heteroatoms. The first-order chi connectivity index (χ1) is 9.26. The number of anilines is 1. The van der Waals surface area contributed by atoms with Crippen molar-refractivity contribution in [2.24, 2.45) is 0 Å². The molecule has 19 heavy (non-hydrogen) atoms. The Morgan fingerprint density at radius 2 is 2.11 bits per heavy atom. The van der Waals surface area contributed by atoms with E-state index in [1.807, 2.05) is 13.0 Å². The third-order valence-electron chi connectivity index (χ3n) is 4.12. The molecule has 0 amide bonds. The summed E-state index contributed by atoms with van der Waals surface area (Å²) in [7, 11) is 0. The molecular weight excluding hydrogens is 260 g/mol. The predicted molar refractivity (Wildman–Crippen MR) is 77.8 cm³/mol. The summed E-state index contributed by atoms with van der Waals surface area (Å²) in [6.45, 7) is 6.61. The second-order valence-corrected chi connectivity index (χ2v) is 5.83. The van der Waals surface area contributed by atoms with Crippen molar-refractivity contribution in [3.05, 3.63) is 17.5 Å². The molecule has 2 fully saturated rings. The van der Waals surface area contributed by atoms with Gasteiger partial charge in [0.25, 0.3) is 0 Å². The first kappa shape index (κ1) is 13.1. The van der Waals surface area contributed by atoms with Gasteiger partial charge in [0.2, 0.25) is 5.95 Å². The number of aromatic nitrogens is 2. The summed E-state index contributed by atoms with van der Waals surface area (Å²) < 4.78 is 0. The molecule has 0 bridgehead atoms. The molecule has 0 saturated carbocycles. The smallest absolute Gasteiger partial charge is 0.225 e. The average Bonchev–Trinajstić information content (AvgIpc) is 2.75. The molecule has 2 saturated heterocycles. The third kappa shape index (κ3) is 2.84. The summed E-state index contributed by atoms with van der Waals surface area (Å²) in [5, 5.41) is 0. The van der Waals surface area contributed by atoms with Gasteiger partial charge in [-0.25, -0.2) is 9.97 Å². The average molecular weight is 281 g/mol. The summed E-state index contributed by atoms with van der Waals surface area (Å²) in [5.74, 6) is 1.32. The summed E-state index contributed by atoms with van der Waals surface area (Å²) in [6.07, 6.45) is 3.84. The number of rotatable bonds is 2. The van der Waals surface area contributed by atoms with Gasteiger partial charge in [0, 0.05) is 31.4 Å². The highest BCUT2D eigenvalue weighted by molar-refractivity contribution is 6.16. The van der Waals surface area contributed by atoms with Crippen molar-refractivity contribution in [1.82, 2.24) is 14.9 Å². The molecule has 2 aliphatic heterocycles. The van der Waals surface area contributed by atoms with Crippen molar-refractivity contribution < 1.29 is 0 Å². The van der Waals surface area contributed by atoms with E-state index in [-0.39, 0.29) is 0 Å². The molecule has 1 aromatic heterocycles. The highest BCUT2D eigenvalue weighted by Crippen LogP contribution is 2.23. The Balaban J connectivity index is 1.82. The molecule has 3 rings (SSSR count). The van der Waals surface area contributed by atoms with Crippen molar-refractivity contribution in [3.63, 3.8) is 0 Å². The second-order valence-electron chi connectivity index (χ2n) is 5.57. The van der Waals surface area contributed by atoms with Crippen LogP contribution in [0.1, 0.15) is 30.7 Å². The molecule has 1 atom stereocenters. The number of hydrogen-bond donors (Lipinski definition) is 0.